The van der Waals surface area contributed by atoms with Crippen molar-refractivity contribution < 1.29 is 9.47 Å². The molecular weight excluding hydrogens is 272 g/mol. The molecule has 0 radical (unpaired) electrons. The lowest BCUT2D eigenvalue weighted by Gasteiger charge is -2.23. The summed E-state index contributed by atoms with van der Waals surface area (Å²) in [4.78, 5) is 5.81. The quantitative estimate of drug-likeness (QED) is 0.940. The van der Waals surface area contributed by atoms with Crippen LogP contribution in [0.1, 0.15) is 27.1 Å². The average molecular weight is 290 g/mol. The van der Waals surface area contributed by atoms with E-state index in [1.165, 1.54) is 5.56 Å². The molecule has 1 aromatic heterocycles. The molecule has 1 aromatic carbocycles. The monoisotopic (exact) mass is 290 g/mol. The Balaban J connectivity index is 1.84. The molecule has 0 aliphatic carbocycles. The van der Waals surface area contributed by atoms with Gasteiger partial charge in [0.05, 0.1) is 18.9 Å². The topological polar surface area (TPSA) is 57.4 Å². The Labute approximate surface area is 122 Å². The zero-order chi connectivity index (χ0) is 13.9. The minimum atomic E-state index is 0.311. The van der Waals surface area contributed by atoms with Crippen LogP contribution in [0.15, 0.2) is 24.3 Å². The molecule has 1 aliphatic heterocycles. The summed E-state index contributed by atoms with van der Waals surface area (Å²) in [5, 5.41) is 1.10. The van der Waals surface area contributed by atoms with E-state index < -0.39 is 0 Å². The minimum Gasteiger partial charge on any atom is -0.493 e. The maximum atomic E-state index is 5.84. The molecule has 0 fully saturated rings. The largest absolute Gasteiger partial charge is 0.493 e. The molecule has 2 N–H and O–H groups in total. The minimum absolute atomic E-state index is 0.311. The number of rotatable bonds is 4. The molecule has 0 saturated heterocycles. The van der Waals surface area contributed by atoms with Crippen molar-refractivity contribution in [2.75, 3.05) is 13.7 Å². The average Bonchev–Trinajstić information content (AvgIpc) is 2.90. The highest BCUT2D eigenvalue weighted by Gasteiger charge is 2.25. The highest BCUT2D eigenvalue weighted by atomic mass is 32.1. The first kappa shape index (κ1) is 13.5. The molecule has 0 spiro atoms. The Kier molecular flexibility index (Phi) is 4.00. The number of benzene rings is 1. The first-order valence-corrected chi connectivity index (χ1v) is 7.51. The van der Waals surface area contributed by atoms with E-state index in [1.807, 2.05) is 18.2 Å². The van der Waals surface area contributed by atoms with Crippen LogP contribution in [0.25, 0.3) is 0 Å². The van der Waals surface area contributed by atoms with Gasteiger partial charge in [-0.05, 0) is 18.1 Å². The third-order valence-electron chi connectivity index (χ3n) is 3.49. The molecule has 4 nitrogen and oxygen atoms in total. The fourth-order valence-electron chi connectivity index (χ4n) is 2.47. The van der Waals surface area contributed by atoms with Crippen LogP contribution in [0.5, 0.6) is 5.75 Å². The van der Waals surface area contributed by atoms with Crippen molar-refractivity contribution in [2.45, 2.75) is 25.5 Å². The van der Waals surface area contributed by atoms with Gasteiger partial charge in [-0.25, -0.2) is 4.98 Å². The van der Waals surface area contributed by atoms with Gasteiger partial charge < -0.3 is 15.2 Å². The van der Waals surface area contributed by atoms with E-state index in [1.54, 1.807) is 18.4 Å². The molecule has 20 heavy (non-hydrogen) atoms. The van der Waals surface area contributed by atoms with Gasteiger partial charge in [0.2, 0.25) is 0 Å². The fourth-order valence-corrected chi connectivity index (χ4v) is 3.51. The molecule has 106 valence electrons. The maximum absolute atomic E-state index is 5.84. The third-order valence-corrected chi connectivity index (χ3v) is 4.77. The number of nitrogens with zero attached hydrogens (tertiary/aromatic N) is 1. The van der Waals surface area contributed by atoms with Gasteiger partial charge in [-0.2, -0.15) is 0 Å². The van der Waals surface area contributed by atoms with E-state index in [0.717, 1.165) is 27.7 Å². The predicted molar refractivity (Wildman–Crippen MR) is 79.1 cm³/mol. The Morgan fingerprint density at radius 3 is 3.10 bits per heavy atom. The van der Waals surface area contributed by atoms with Crippen molar-refractivity contribution in [3.63, 3.8) is 0 Å². The predicted octanol–water partition coefficient (Wildman–Crippen LogP) is 2.47. The van der Waals surface area contributed by atoms with Crippen LogP contribution in [0.2, 0.25) is 0 Å². The van der Waals surface area contributed by atoms with Crippen molar-refractivity contribution in [3.8, 4) is 5.75 Å². The zero-order valence-electron chi connectivity index (χ0n) is 11.5. The van der Waals surface area contributed by atoms with Crippen LogP contribution >= 0.6 is 11.3 Å². The smallest absolute Gasteiger partial charge is 0.122 e. The summed E-state index contributed by atoms with van der Waals surface area (Å²) in [6.45, 7) is 1.72. The summed E-state index contributed by atoms with van der Waals surface area (Å²) < 4.78 is 11.0. The Hall–Kier alpha value is -1.43. The Morgan fingerprint density at radius 2 is 2.30 bits per heavy atom. The van der Waals surface area contributed by atoms with Crippen LogP contribution < -0.4 is 10.5 Å². The number of para-hydroxylation sites is 1. The number of nitrogens with two attached hydrogens (primary N) is 1. The molecule has 3 rings (SSSR count). The van der Waals surface area contributed by atoms with E-state index in [9.17, 15) is 0 Å². The van der Waals surface area contributed by atoms with Crippen molar-refractivity contribution in [3.05, 3.63) is 45.4 Å². The van der Waals surface area contributed by atoms with E-state index >= 15 is 0 Å². The summed E-state index contributed by atoms with van der Waals surface area (Å²) in [6, 6.07) is 8.20. The van der Waals surface area contributed by atoms with Crippen molar-refractivity contribution in [2.24, 2.45) is 5.73 Å². The second-order valence-corrected chi connectivity index (χ2v) is 5.99. The maximum Gasteiger partial charge on any atom is 0.122 e. The van der Waals surface area contributed by atoms with Crippen LogP contribution in [-0.2, 0) is 24.3 Å². The van der Waals surface area contributed by atoms with Gasteiger partial charge in [0, 0.05) is 24.4 Å². The molecular formula is C15H18N2O2S. The number of hydrogen-bond donors (Lipinski definition) is 1. The lowest BCUT2D eigenvalue weighted by atomic mass is 9.97. The van der Waals surface area contributed by atoms with E-state index in [-0.39, 0.29) is 0 Å². The van der Waals surface area contributed by atoms with Gasteiger partial charge in [0.25, 0.3) is 0 Å². The first-order chi connectivity index (χ1) is 9.81. The van der Waals surface area contributed by atoms with Crippen molar-refractivity contribution in [1.82, 2.24) is 4.98 Å². The normalized spacial score (nSPS) is 17.6. The summed E-state index contributed by atoms with van der Waals surface area (Å²) in [6.07, 6.45) is 0.972. The number of ether oxygens (including phenoxy) is 2. The molecule has 2 heterocycles. The molecule has 0 bridgehead atoms. The molecule has 0 amide bonds. The second-order valence-electron chi connectivity index (χ2n) is 4.88. The Morgan fingerprint density at radius 1 is 1.45 bits per heavy atom. The number of thiazole rings is 1. The standard InChI is InChI=1S/C15H18N2O2S/c1-18-9-12-14(7-16)20-15(17-12)11-6-10-4-2-3-5-13(10)19-8-11/h2-5,11H,6-9,16H2,1H3. The molecule has 1 aliphatic rings. The van der Waals surface area contributed by atoms with Gasteiger partial charge in [-0.3, -0.25) is 0 Å². The van der Waals surface area contributed by atoms with Crippen LogP contribution in [0.3, 0.4) is 0 Å². The Bertz CT molecular complexity index is 597. The molecule has 5 heteroatoms. The van der Waals surface area contributed by atoms with Crippen molar-refractivity contribution >= 4 is 11.3 Å². The van der Waals surface area contributed by atoms with E-state index in [2.05, 4.69) is 6.07 Å². The van der Waals surface area contributed by atoms with Crippen LogP contribution in [0.4, 0.5) is 0 Å². The van der Waals surface area contributed by atoms with Crippen LogP contribution in [-0.4, -0.2) is 18.7 Å². The molecule has 1 atom stereocenters. The third kappa shape index (κ3) is 2.57. The summed E-state index contributed by atoms with van der Waals surface area (Å²) >= 11 is 1.68. The highest BCUT2D eigenvalue weighted by Crippen LogP contribution is 2.34. The number of methoxy groups -OCH3 is 1. The number of fused-ring (bicyclic) bond motifs is 1. The second kappa shape index (κ2) is 5.91. The molecule has 1 unspecified atom stereocenters. The summed E-state index contributed by atoms with van der Waals surface area (Å²) in [5.41, 5.74) is 8.00. The van der Waals surface area contributed by atoms with Crippen LogP contribution in [0, 0.1) is 0 Å². The van der Waals surface area contributed by atoms with Gasteiger partial charge in [-0.1, -0.05) is 18.2 Å². The first-order valence-electron chi connectivity index (χ1n) is 6.70. The molecule has 0 saturated carbocycles. The van der Waals surface area contributed by atoms with Gasteiger partial charge >= 0.3 is 0 Å². The SMILES string of the molecule is COCc1nc(C2COc3ccccc3C2)sc1CN. The molecule has 2 aromatic rings. The lowest BCUT2D eigenvalue weighted by Crippen LogP contribution is -2.19. The fraction of sp³-hybridized carbons (Fsp3) is 0.400. The summed E-state index contributed by atoms with van der Waals surface area (Å²) in [5.74, 6) is 1.31. The summed E-state index contributed by atoms with van der Waals surface area (Å²) in [7, 11) is 1.68. The van der Waals surface area contributed by atoms with E-state index in [0.29, 0.717) is 25.7 Å². The lowest BCUT2D eigenvalue weighted by molar-refractivity contribution is 0.181. The van der Waals surface area contributed by atoms with Crippen molar-refractivity contribution in [1.29, 1.82) is 0 Å². The van der Waals surface area contributed by atoms with Gasteiger partial charge in [-0.15, -0.1) is 11.3 Å². The van der Waals surface area contributed by atoms with Gasteiger partial charge in [0.15, 0.2) is 0 Å². The number of aromatic nitrogens is 1. The highest BCUT2D eigenvalue weighted by molar-refractivity contribution is 7.11. The van der Waals surface area contributed by atoms with E-state index in [4.69, 9.17) is 20.2 Å². The number of hydrogen-bond acceptors (Lipinski definition) is 5. The van der Waals surface area contributed by atoms with Gasteiger partial charge in [0.1, 0.15) is 10.8 Å². The zero-order valence-corrected chi connectivity index (χ0v) is 12.3.